The number of hydrogen-bond acceptors (Lipinski definition) is 4. The second-order valence-electron chi connectivity index (χ2n) is 3.39. The van der Waals surface area contributed by atoms with Crippen LogP contribution in [0.5, 0.6) is 5.75 Å². The number of nitrogens with one attached hydrogen (secondary N) is 2. The average molecular weight is 249 g/mol. The van der Waals surface area contributed by atoms with Gasteiger partial charge in [-0.1, -0.05) is 0 Å². The zero-order valence-electron chi connectivity index (χ0n) is 10.5. The Bertz CT molecular complexity index is 449. The topological polar surface area (TPSA) is 79.8 Å². The van der Waals surface area contributed by atoms with Gasteiger partial charge in [-0.15, -0.1) is 0 Å². The largest absolute Gasteiger partial charge is 0.446 e. The van der Waals surface area contributed by atoms with E-state index in [0.29, 0.717) is 16.9 Å². The van der Waals surface area contributed by atoms with E-state index in [4.69, 9.17) is 4.74 Å². The van der Waals surface area contributed by atoms with Crippen molar-refractivity contribution >= 4 is 18.2 Å². The minimum absolute atomic E-state index is 0.293. The third kappa shape index (κ3) is 3.31. The molecule has 0 fully saturated rings. The number of rotatable bonds is 4. The fourth-order valence-corrected chi connectivity index (χ4v) is 1.33. The van der Waals surface area contributed by atoms with Crippen molar-refractivity contribution in [1.82, 2.24) is 10.6 Å². The molecule has 96 valence electrons. The summed E-state index contributed by atoms with van der Waals surface area (Å²) in [4.78, 5) is 26.8. The summed E-state index contributed by atoms with van der Waals surface area (Å²) >= 11 is 0. The summed E-state index contributed by atoms with van der Waals surface area (Å²) in [5.74, 6) is -0.210. The molecule has 6 nitrogen and oxygen atoms in total. The van der Waals surface area contributed by atoms with Crippen molar-refractivity contribution in [3.8, 4) is 5.75 Å². The summed E-state index contributed by atoms with van der Waals surface area (Å²) in [6, 6.07) is 4.56. The molecule has 0 spiro atoms. The van der Waals surface area contributed by atoms with Gasteiger partial charge in [0.1, 0.15) is 5.75 Å². The van der Waals surface area contributed by atoms with Crippen molar-refractivity contribution in [3.63, 3.8) is 0 Å². The van der Waals surface area contributed by atoms with E-state index in [1.165, 1.54) is 38.7 Å². The van der Waals surface area contributed by atoms with Gasteiger partial charge in [-0.05, 0) is 18.2 Å². The first-order valence-corrected chi connectivity index (χ1v) is 5.29. The van der Waals surface area contributed by atoms with Crippen molar-refractivity contribution < 1.29 is 14.3 Å². The molecule has 0 bridgehead atoms. The number of amides is 2. The predicted molar refractivity (Wildman–Crippen MR) is 68.3 cm³/mol. The van der Waals surface area contributed by atoms with Crippen molar-refractivity contribution in [3.05, 3.63) is 29.3 Å². The second-order valence-corrected chi connectivity index (χ2v) is 3.39. The lowest BCUT2D eigenvalue weighted by atomic mass is 10.1. The van der Waals surface area contributed by atoms with Gasteiger partial charge in [0, 0.05) is 32.3 Å². The second kappa shape index (κ2) is 6.39. The highest BCUT2D eigenvalue weighted by Gasteiger charge is 2.11. The van der Waals surface area contributed by atoms with Gasteiger partial charge in [-0.2, -0.15) is 0 Å². The summed E-state index contributed by atoms with van der Waals surface area (Å²) in [6.45, 7) is 0. The molecule has 0 atom stereocenters. The zero-order valence-corrected chi connectivity index (χ0v) is 10.5. The molecule has 0 saturated heterocycles. The van der Waals surface area contributed by atoms with Gasteiger partial charge in [-0.25, -0.2) is 0 Å². The quantitative estimate of drug-likeness (QED) is 0.600. The van der Waals surface area contributed by atoms with Gasteiger partial charge >= 0.3 is 0 Å². The monoisotopic (exact) mass is 249 g/mol. The molecule has 0 aliphatic rings. The lowest BCUT2D eigenvalue weighted by Gasteiger charge is -2.07. The minimum atomic E-state index is -0.293. The highest BCUT2D eigenvalue weighted by Crippen LogP contribution is 2.17. The van der Waals surface area contributed by atoms with Crippen molar-refractivity contribution in [2.45, 2.75) is 0 Å². The van der Waals surface area contributed by atoms with Gasteiger partial charge in [0.15, 0.2) is 6.40 Å². The molecule has 0 saturated carbocycles. The fourth-order valence-electron chi connectivity index (χ4n) is 1.33. The summed E-state index contributed by atoms with van der Waals surface area (Å²) in [7, 11) is 4.59. The standard InChI is InChI=1S/C12H15N3O3/c1-13-7-18-10-5-8(11(16)14-2)4-9(6-10)12(17)15-3/h4-7H,1-3H3,(H,14,16)(H,15,17). The van der Waals surface area contributed by atoms with Crippen LogP contribution in [0.25, 0.3) is 0 Å². The average Bonchev–Trinajstić information content (AvgIpc) is 2.42. The lowest BCUT2D eigenvalue weighted by Crippen LogP contribution is -2.21. The molecule has 0 aliphatic heterocycles. The third-order valence-corrected chi connectivity index (χ3v) is 2.18. The maximum Gasteiger partial charge on any atom is 0.251 e. The maximum atomic E-state index is 11.6. The molecule has 18 heavy (non-hydrogen) atoms. The minimum Gasteiger partial charge on any atom is -0.446 e. The van der Waals surface area contributed by atoms with E-state index in [9.17, 15) is 9.59 Å². The number of aliphatic imine (C=N–C) groups is 1. The summed E-state index contributed by atoms with van der Waals surface area (Å²) < 4.78 is 5.17. The van der Waals surface area contributed by atoms with Crippen molar-refractivity contribution in [1.29, 1.82) is 0 Å². The van der Waals surface area contributed by atoms with E-state index < -0.39 is 0 Å². The van der Waals surface area contributed by atoms with Crippen LogP contribution in [0, 0.1) is 0 Å². The van der Waals surface area contributed by atoms with Crippen molar-refractivity contribution in [2.24, 2.45) is 4.99 Å². The van der Waals surface area contributed by atoms with Gasteiger partial charge < -0.3 is 15.4 Å². The first-order valence-electron chi connectivity index (χ1n) is 5.29. The summed E-state index contributed by atoms with van der Waals surface area (Å²) in [5.41, 5.74) is 0.691. The maximum absolute atomic E-state index is 11.6. The Morgan fingerprint density at radius 1 is 1.11 bits per heavy atom. The van der Waals surface area contributed by atoms with Crippen LogP contribution in [0.2, 0.25) is 0 Å². The van der Waals surface area contributed by atoms with Crippen LogP contribution in [0.1, 0.15) is 20.7 Å². The number of nitrogens with zero attached hydrogens (tertiary/aromatic N) is 1. The van der Waals surface area contributed by atoms with Crippen LogP contribution in [0.3, 0.4) is 0 Å². The Morgan fingerprint density at radius 3 is 2.00 bits per heavy atom. The highest BCUT2D eigenvalue weighted by molar-refractivity contribution is 6.00. The molecular formula is C12H15N3O3. The smallest absolute Gasteiger partial charge is 0.251 e. The molecule has 2 N–H and O–H groups in total. The van der Waals surface area contributed by atoms with Crippen LogP contribution in [0.15, 0.2) is 23.2 Å². The molecule has 6 heteroatoms. The summed E-state index contributed by atoms with van der Waals surface area (Å²) in [6.07, 6.45) is 1.23. The molecule has 1 aromatic carbocycles. The van der Waals surface area contributed by atoms with E-state index in [2.05, 4.69) is 15.6 Å². The molecular weight excluding hydrogens is 234 g/mol. The normalized spacial score (nSPS) is 10.2. The van der Waals surface area contributed by atoms with E-state index in [0.717, 1.165) is 0 Å². The molecule has 2 amide bonds. The molecule has 0 radical (unpaired) electrons. The Kier molecular flexibility index (Phi) is 4.86. The molecule has 0 unspecified atom stereocenters. The fraction of sp³-hybridized carbons (Fsp3) is 0.250. The van der Waals surface area contributed by atoms with Gasteiger partial charge in [0.2, 0.25) is 0 Å². The van der Waals surface area contributed by atoms with Gasteiger partial charge in [0.25, 0.3) is 11.8 Å². The SMILES string of the molecule is CN=COc1cc(C(=O)NC)cc(C(=O)NC)c1. The Hall–Kier alpha value is -2.37. The Labute approximate surface area is 105 Å². The number of carbonyl (C=O) groups is 2. The van der Waals surface area contributed by atoms with Crippen LogP contribution < -0.4 is 15.4 Å². The summed E-state index contributed by atoms with van der Waals surface area (Å²) in [5, 5.41) is 4.98. The first kappa shape index (κ1) is 13.7. The Morgan fingerprint density at radius 2 is 1.61 bits per heavy atom. The number of benzene rings is 1. The van der Waals surface area contributed by atoms with E-state index in [1.54, 1.807) is 7.05 Å². The van der Waals surface area contributed by atoms with Gasteiger partial charge in [-0.3, -0.25) is 14.6 Å². The predicted octanol–water partition coefficient (Wildman–Crippen LogP) is 0.443. The van der Waals surface area contributed by atoms with Crippen LogP contribution >= 0.6 is 0 Å². The van der Waals surface area contributed by atoms with E-state index in [-0.39, 0.29) is 11.8 Å². The molecule has 0 aromatic heterocycles. The van der Waals surface area contributed by atoms with E-state index in [1.807, 2.05) is 0 Å². The van der Waals surface area contributed by atoms with Crippen LogP contribution in [-0.4, -0.2) is 39.4 Å². The van der Waals surface area contributed by atoms with Crippen molar-refractivity contribution in [2.75, 3.05) is 21.1 Å². The first-order chi connectivity index (χ1) is 8.62. The highest BCUT2D eigenvalue weighted by atomic mass is 16.5. The number of carbonyl (C=O) groups excluding carboxylic acids is 2. The van der Waals surface area contributed by atoms with Crippen LogP contribution in [0.4, 0.5) is 0 Å². The molecule has 0 heterocycles. The third-order valence-electron chi connectivity index (χ3n) is 2.18. The Balaban J connectivity index is 3.19. The number of ether oxygens (including phenoxy) is 1. The zero-order chi connectivity index (χ0) is 13.5. The molecule has 1 aromatic rings. The number of hydrogen-bond donors (Lipinski definition) is 2. The van der Waals surface area contributed by atoms with Gasteiger partial charge in [0.05, 0.1) is 0 Å². The lowest BCUT2D eigenvalue weighted by molar-refractivity contribution is 0.0962. The molecule has 1 rings (SSSR count). The molecule has 0 aliphatic carbocycles. The van der Waals surface area contributed by atoms with Crippen LogP contribution in [-0.2, 0) is 0 Å². The van der Waals surface area contributed by atoms with E-state index >= 15 is 0 Å².